The van der Waals surface area contributed by atoms with Gasteiger partial charge in [-0.2, -0.15) is 0 Å². The normalized spacial score (nSPS) is 39.8. The molecule has 1 aliphatic rings. The van der Waals surface area contributed by atoms with Crippen molar-refractivity contribution in [2.45, 2.75) is 32.0 Å². The lowest BCUT2D eigenvalue weighted by molar-refractivity contribution is -0.0634. The van der Waals surface area contributed by atoms with Crippen LogP contribution in [0.25, 0.3) is 0 Å². The summed E-state index contributed by atoms with van der Waals surface area (Å²) in [7, 11) is 0. The van der Waals surface area contributed by atoms with Gasteiger partial charge in [0.2, 0.25) is 0 Å². The zero-order valence-corrected chi connectivity index (χ0v) is 5.13. The van der Waals surface area contributed by atoms with Gasteiger partial charge in [-0.15, -0.1) is 0 Å². The van der Waals surface area contributed by atoms with Crippen LogP contribution >= 0.6 is 0 Å². The molecule has 0 unspecified atom stereocenters. The SMILES string of the molecule is C[C@H]1OCCC[C@@H]1O. The Morgan fingerprint density at radius 1 is 1.62 bits per heavy atom. The van der Waals surface area contributed by atoms with E-state index in [4.69, 9.17) is 9.84 Å². The van der Waals surface area contributed by atoms with Crippen molar-refractivity contribution in [2.24, 2.45) is 0 Å². The first-order chi connectivity index (χ1) is 3.80. The molecular weight excluding hydrogens is 104 g/mol. The summed E-state index contributed by atoms with van der Waals surface area (Å²) in [5.74, 6) is 0. The van der Waals surface area contributed by atoms with Crippen LogP contribution < -0.4 is 0 Å². The predicted molar refractivity (Wildman–Crippen MR) is 30.7 cm³/mol. The number of rotatable bonds is 0. The van der Waals surface area contributed by atoms with Crippen molar-refractivity contribution in [1.29, 1.82) is 0 Å². The fourth-order valence-electron chi connectivity index (χ4n) is 0.907. The fraction of sp³-hybridized carbons (Fsp3) is 1.00. The van der Waals surface area contributed by atoms with Gasteiger partial charge in [-0.25, -0.2) is 0 Å². The molecule has 0 saturated carbocycles. The van der Waals surface area contributed by atoms with Crippen LogP contribution in [0.5, 0.6) is 0 Å². The average Bonchev–Trinajstić information content (AvgIpc) is 1.77. The van der Waals surface area contributed by atoms with Crippen molar-refractivity contribution >= 4 is 0 Å². The van der Waals surface area contributed by atoms with E-state index < -0.39 is 0 Å². The molecule has 0 spiro atoms. The zero-order chi connectivity index (χ0) is 5.98. The minimum Gasteiger partial charge on any atom is -0.390 e. The quantitative estimate of drug-likeness (QED) is 0.500. The fourth-order valence-corrected chi connectivity index (χ4v) is 0.907. The zero-order valence-electron chi connectivity index (χ0n) is 5.13. The van der Waals surface area contributed by atoms with Gasteiger partial charge < -0.3 is 9.84 Å². The second kappa shape index (κ2) is 2.46. The summed E-state index contributed by atoms with van der Waals surface area (Å²) in [5, 5.41) is 9.05. The Hall–Kier alpha value is -0.0800. The number of aliphatic hydroxyl groups is 1. The summed E-state index contributed by atoms with van der Waals surface area (Å²) in [6, 6.07) is 0. The van der Waals surface area contributed by atoms with Crippen molar-refractivity contribution in [3.05, 3.63) is 0 Å². The number of aliphatic hydroxyl groups excluding tert-OH is 1. The van der Waals surface area contributed by atoms with Gasteiger partial charge in [0.25, 0.3) is 0 Å². The van der Waals surface area contributed by atoms with E-state index in [0.29, 0.717) is 0 Å². The highest BCUT2D eigenvalue weighted by Crippen LogP contribution is 2.11. The molecule has 1 heterocycles. The first-order valence-electron chi connectivity index (χ1n) is 3.10. The molecule has 0 aliphatic carbocycles. The van der Waals surface area contributed by atoms with E-state index in [-0.39, 0.29) is 12.2 Å². The molecule has 0 aromatic heterocycles. The Kier molecular flexibility index (Phi) is 1.86. The Balaban J connectivity index is 2.28. The molecule has 2 atom stereocenters. The lowest BCUT2D eigenvalue weighted by atomic mass is 10.1. The molecule has 1 aliphatic heterocycles. The van der Waals surface area contributed by atoms with E-state index in [2.05, 4.69) is 0 Å². The van der Waals surface area contributed by atoms with Crippen molar-refractivity contribution in [1.82, 2.24) is 0 Å². The van der Waals surface area contributed by atoms with E-state index >= 15 is 0 Å². The first kappa shape index (κ1) is 6.05. The van der Waals surface area contributed by atoms with Gasteiger partial charge in [-0.3, -0.25) is 0 Å². The van der Waals surface area contributed by atoms with Crippen molar-refractivity contribution < 1.29 is 9.84 Å². The second-order valence-electron chi connectivity index (χ2n) is 2.29. The molecule has 1 N–H and O–H groups in total. The maximum absolute atomic E-state index is 9.05. The van der Waals surface area contributed by atoms with E-state index in [0.717, 1.165) is 19.4 Å². The Morgan fingerprint density at radius 3 is 2.75 bits per heavy atom. The summed E-state index contributed by atoms with van der Waals surface area (Å²) < 4.78 is 5.14. The minimum atomic E-state index is -0.219. The highest BCUT2D eigenvalue weighted by molar-refractivity contribution is 4.67. The van der Waals surface area contributed by atoms with Crippen LogP contribution in [0.3, 0.4) is 0 Å². The van der Waals surface area contributed by atoms with Crippen molar-refractivity contribution in [3.63, 3.8) is 0 Å². The third-order valence-corrected chi connectivity index (χ3v) is 1.57. The van der Waals surface area contributed by atoms with Crippen LogP contribution in [0.1, 0.15) is 19.8 Å². The van der Waals surface area contributed by atoms with Gasteiger partial charge in [0, 0.05) is 6.61 Å². The third kappa shape index (κ3) is 1.20. The van der Waals surface area contributed by atoms with E-state index in [1.54, 1.807) is 0 Å². The van der Waals surface area contributed by atoms with E-state index in [1.807, 2.05) is 6.92 Å². The molecule has 0 aromatic rings. The highest BCUT2D eigenvalue weighted by atomic mass is 16.5. The standard InChI is InChI=1S/C6H12O2/c1-5-6(7)3-2-4-8-5/h5-7H,2-4H2,1H3/t5-,6+/m1/s1. The maximum atomic E-state index is 9.05. The molecule has 0 radical (unpaired) electrons. The monoisotopic (exact) mass is 116 g/mol. The highest BCUT2D eigenvalue weighted by Gasteiger charge is 2.18. The molecule has 0 amide bonds. The van der Waals surface area contributed by atoms with Gasteiger partial charge >= 0.3 is 0 Å². The lowest BCUT2D eigenvalue weighted by Gasteiger charge is -2.24. The smallest absolute Gasteiger partial charge is 0.0805 e. The summed E-state index contributed by atoms with van der Waals surface area (Å²) >= 11 is 0. The molecule has 8 heavy (non-hydrogen) atoms. The molecule has 2 nitrogen and oxygen atoms in total. The van der Waals surface area contributed by atoms with Crippen LogP contribution in [-0.2, 0) is 4.74 Å². The Bertz CT molecular complexity index is 62.9. The van der Waals surface area contributed by atoms with Gasteiger partial charge in [0.1, 0.15) is 0 Å². The number of ether oxygens (including phenoxy) is 1. The van der Waals surface area contributed by atoms with Crippen LogP contribution in [0.4, 0.5) is 0 Å². The molecule has 2 heteroatoms. The van der Waals surface area contributed by atoms with Crippen molar-refractivity contribution in [3.8, 4) is 0 Å². The minimum absolute atomic E-state index is 0.0590. The van der Waals surface area contributed by atoms with E-state index in [9.17, 15) is 0 Å². The first-order valence-corrected chi connectivity index (χ1v) is 3.10. The largest absolute Gasteiger partial charge is 0.390 e. The van der Waals surface area contributed by atoms with Crippen LogP contribution in [0.2, 0.25) is 0 Å². The molecule has 1 saturated heterocycles. The number of hydrogen-bond donors (Lipinski definition) is 1. The molecule has 1 rings (SSSR count). The van der Waals surface area contributed by atoms with Crippen LogP contribution in [-0.4, -0.2) is 23.9 Å². The summed E-state index contributed by atoms with van der Waals surface area (Å²) in [6.07, 6.45) is 1.75. The Morgan fingerprint density at radius 2 is 2.38 bits per heavy atom. The molecule has 48 valence electrons. The molecule has 1 fully saturated rings. The second-order valence-corrected chi connectivity index (χ2v) is 2.29. The molecule has 0 aromatic carbocycles. The average molecular weight is 116 g/mol. The Labute approximate surface area is 49.5 Å². The van der Waals surface area contributed by atoms with Crippen molar-refractivity contribution in [2.75, 3.05) is 6.61 Å². The van der Waals surface area contributed by atoms with Gasteiger partial charge in [0.15, 0.2) is 0 Å². The molecule has 0 bridgehead atoms. The predicted octanol–water partition coefficient (Wildman–Crippen LogP) is 0.546. The van der Waals surface area contributed by atoms with Crippen LogP contribution in [0, 0.1) is 0 Å². The summed E-state index contributed by atoms with van der Waals surface area (Å²) in [6.45, 7) is 2.72. The molecular formula is C6H12O2. The number of hydrogen-bond acceptors (Lipinski definition) is 2. The van der Waals surface area contributed by atoms with Gasteiger partial charge in [-0.1, -0.05) is 0 Å². The van der Waals surface area contributed by atoms with Crippen LogP contribution in [0.15, 0.2) is 0 Å². The van der Waals surface area contributed by atoms with Gasteiger partial charge in [-0.05, 0) is 19.8 Å². The summed E-state index contributed by atoms with van der Waals surface area (Å²) in [5.41, 5.74) is 0. The topological polar surface area (TPSA) is 29.5 Å². The van der Waals surface area contributed by atoms with Gasteiger partial charge in [0.05, 0.1) is 12.2 Å². The lowest BCUT2D eigenvalue weighted by Crippen LogP contribution is -2.30. The summed E-state index contributed by atoms with van der Waals surface area (Å²) in [4.78, 5) is 0. The van der Waals surface area contributed by atoms with E-state index in [1.165, 1.54) is 0 Å². The maximum Gasteiger partial charge on any atom is 0.0805 e. The third-order valence-electron chi connectivity index (χ3n) is 1.57.